The lowest BCUT2D eigenvalue weighted by atomic mass is 9.89. The number of aryl methyl sites for hydroxylation is 1. The maximum absolute atomic E-state index is 6.21. The molecule has 2 rings (SSSR count). The van der Waals surface area contributed by atoms with Crippen molar-refractivity contribution in [2.75, 3.05) is 18.5 Å². The van der Waals surface area contributed by atoms with E-state index in [0.29, 0.717) is 23.8 Å². The molecule has 1 heterocycles. The fraction of sp³-hybridized carbons (Fsp3) is 0.714. The Hall–Kier alpha value is -1.03. The normalized spacial score (nSPS) is 23.1. The van der Waals surface area contributed by atoms with Crippen LogP contribution >= 0.6 is 11.6 Å². The van der Waals surface area contributed by atoms with Gasteiger partial charge in [-0.2, -0.15) is 4.98 Å². The van der Waals surface area contributed by atoms with Crippen LogP contribution in [0.4, 0.5) is 5.82 Å². The number of nitrogens with zero attached hydrogens (tertiary/aromatic N) is 2. The molecule has 0 saturated heterocycles. The van der Waals surface area contributed by atoms with E-state index in [1.54, 1.807) is 0 Å². The predicted molar refractivity (Wildman–Crippen MR) is 78.0 cm³/mol. The summed E-state index contributed by atoms with van der Waals surface area (Å²) in [5.41, 5.74) is 0. The first-order valence-electron chi connectivity index (χ1n) is 7.03. The highest BCUT2D eigenvalue weighted by atomic mass is 35.5. The predicted octanol–water partition coefficient (Wildman–Crippen LogP) is 3.39. The standard InChI is InChI=1S/C14H22ClN3O/c1-3-19-14-8-13(17-10(2)18-14)16-9-11-5-4-6-12(15)7-11/h8,11-12H,3-7,9H2,1-2H3,(H,16,17,18). The Morgan fingerprint density at radius 1 is 1.42 bits per heavy atom. The second-order valence-electron chi connectivity index (χ2n) is 5.08. The number of ether oxygens (including phenoxy) is 1. The molecular formula is C14H22ClN3O. The van der Waals surface area contributed by atoms with Crippen molar-refractivity contribution in [2.24, 2.45) is 5.92 Å². The molecule has 19 heavy (non-hydrogen) atoms. The van der Waals surface area contributed by atoms with Gasteiger partial charge < -0.3 is 10.1 Å². The molecule has 106 valence electrons. The smallest absolute Gasteiger partial charge is 0.218 e. The number of nitrogens with one attached hydrogen (secondary N) is 1. The molecular weight excluding hydrogens is 262 g/mol. The number of aromatic nitrogens is 2. The van der Waals surface area contributed by atoms with E-state index in [4.69, 9.17) is 16.3 Å². The van der Waals surface area contributed by atoms with Gasteiger partial charge in [-0.05, 0) is 39.0 Å². The first-order valence-corrected chi connectivity index (χ1v) is 7.47. The highest BCUT2D eigenvalue weighted by Gasteiger charge is 2.20. The lowest BCUT2D eigenvalue weighted by molar-refractivity contribution is 0.325. The van der Waals surface area contributed by atoms with Crippen molar-refractivity contribution in [3.8, 4) is 5.88 Å². The van der Waals surface area contributed by atoms with E-state index in [1.165, 1.54) is 12.8 Å². The Bertz CT molecular complexity index is 414. The van der Waals surface area contributed by atoms with Crippen molar-refractivity contribution >= 4 is 17.4 Å². The van der Waals surface area contributed by atoms with Crippen molar-refractivity contribution in [1.82, 2.24) is 9.97 Å². The molecule has 0 bridgehead atoms. The quantitative estimate of drug-likeness (QED) is 0.842. The molecule has 1 N–H and O–H groups in total. The molecule has 1 aromatic heterocycles. The molecule has 2 atom stereocenters. The van der Waals surface area contributed by atoms with Crippen LogP contribution in [-0.4, -0.2) is 28.5 Å². The third kappa shape index (κ3) is 4.53. The van der Waals surface area contributed by atoms with Crippen LogP contribution in [0.25, 0.3) is 0 Å². The summed E-state index contributed by atoms with van der Waals surface area (Å²) in [4.78, 5) is 8.62. The minimum atomic E-state index is 0.340. The minimum absolute atomic E-state index is 0.340. The molecule has 0 radical (unpaired) electrons. The van der Waals surface area contributed by atoms with E-state index in [1.807, 2.05) is 19.9 Å². The Morgan fingerprint density at radius 2 is 2.26 bits per heavy atom. The summed E-state index contributed by atoms with van der Waals surface area (Å²) in [6.07, 6.45) is 4.72. The summed E-state index contributed by atoms with van der Waals surface area (Å²) >= 11 is 6.21. The third-order valence-electron chi connectivity index (χ3n) is 3.40. The average Bonchev–Trinajstić information content (AvgIpc) is 2.36. The zero-order chi connectivity index (χ0) is 13.7. The number of hydrogen-bond acceptors (Lipinski definition) is 4. The van der Waals surface area contributed by atoms with Gasteiger partial charge in [0, 0.05) is 18.0 Å². The van der Waals surface area contributed by atoms with Crippen LogP contribution in [0, 0.1) is 12.8 Å². The molecule has 0 aromatic carbocycles. The van der Waals surface area contributed by atoms with Crippen LogP contribution in [0.15, 0.2) is 6.07 Å². The maximum Gasteiger partial charge on any atom is 0.218 e. The lowest BCUT2D eigenvalue weighted by Crippen LogP contribution is -2.22. The number of rotatable bonds is 5. The second-order valence-corrected chi connectivity index (χ2v) is 5.70. The Morgan fingerprint density at radius 3 is 3.00 bits per heavy atom. The Kier molecular flexibility index (Phi) is 5.25. The van der Waals surface area contributed by atoms with E-state index in [-0.39, 0.29) is 0 Å². The van der Waals surface area contributed by atoms with E-state index < -0.39 is 0 Å². The molecule has 1 fully saturated rings. The van der Waals surface area contributed by atoms with Gasteiger partial charge in [-0.25, -0.2) is 4.98 Å². The van der Waals surface area contributed by atoms with Gasteiger partial charge in [-0.1, -0.05) is 6.42 Å². The number of alkyl halides is 1. The van der Waals surface area contributed by atoms with Crippen molar-refractivity contribution in [2.45, 2.75) is 44.9 Å². The summed E-state index contributed by atoms with van der Waals surface area (Å²) < 4.78 is 5.42. The van der Waals surface area contributed by atoms with E-state index >= 15 is 0 Å². The Balaban J connectivity index is 1.91. The van der Waals surface area contributed by atoms with Gasteiger partial charge in [0.2, 0.25) is 5.88 Å². The summed E-state index contributed by atoms with van der Waals surface area (Å²) in [5, 5.41) is 3.72. The monoisotopic (exact) mass is 283 g/mol. The average molecular weight is 284 g/mol. The third-order valence-corrected chi connectivity index (χ3v) is 3.79. The maximum atomic E-state index is 6.21. The van der Waals surface area contributed by atoms with Gasteiger partial charge in [-0.15, -0.1) is 11.6 Å². The molecule has 2 unspecified atom stereocenters. The van der Waals surface area contributed by atoms with Crippen LogP contribution in [-0.2, 0) is 0 Å². The first kappa shape index (κ1) is 14.4. The fourth-order valence-corrected chi connectivity index (χ4v) is 2.92. The zero-order valence-electron chi connectivity index (χ0n) is 11.7. The van der Waals surface area contributed by atoms with Crippen LogP contribution in [0.2, 0.25) is 0 Å². The molecule has 0 aliphatic heterocycles. The van der Waals surface area contributed by atoms with Crippen LogP contribution < -0.4 is 10.1 Å². The molecule has 1 aromatic rings. The lowest BCUT2D eigenvalue weighted by Gasteiger charge is -2.25. The summed E-state index contributed by atoms with van der Waals surface area (Å²) in [6, 6.07) is 1.86. The van der Waals surface area contributed by atoms with Gasteiger partial charge in [0.1, 0.15) is 11.6 Å². The molecule has 0 spiro atoms. The molecule has 0 amide bonds. The van der Waals surface area contributed by atoms with Gasteiger partial charge in [0.15, 0.2) is 0 Å². The van der Waals surface area contributed by atoms with E-state index in [9.17, 15) is 0 Å². The highest BCUT2D eigenvalue weighted by molar-refractivity contribution is 6.20. The van der Waals surface area contributed by atoms with Gasteiger partial charge in [-0.3, -0.25) is 0 Å². The second kappa shape index (κ2) is 6.94. The molecule has 1 aliphatic carbocycles. The van der Waals surface area contributed by atoms with Crippen LogP contribution in [0.1, 0.15) is 38.4 Å². The van der Waals surface area contributed by atoms with Gasteiger partial charge in [0.25, 0.3) is 0 Å². The largest absolute Gasteiger partial charge is 0.478 e. The molecule has 1 saturated carbocycles. The SMILES string of the molecule is CCOc1cc(NCC2CCCC(Cl)C2)nc(C)n1. The summed E-state index contributed by atoms with van der Waals surface area (Å²) in [7, 11) is 0. The molecule has 1 aliphatic rings. The summed E-state index contributed by atoms with van der Waals surface area (Å²) in [6.45, 7) is 5.37. The van der Waals surface area contributed by atoms with Crippen molar-refractivity contribution in [3.63, 3.8) is 0 Å². The number of anilines is 1. The van der Waals surface area contributed by atoms with Gasteiger partial charge in [0.05, 0.1) is 6.61 Å². The first-order chi connectivity index (χ1) is 9.17. The Labute approximate surface area is 119 Å². The van der Waals surface area contributed by atoms with Gasteiger partial charge >= 0.3 is 0 Å². The number of hydrogen-bond donors (Lipinski definition) is 1. The zero-order valence-corrected chi connectivity index (χ0v) is 12.4. The number of halogens is 1. The van der Waals surface area contributed by atoms with Crippen molar-refractivity contribution in [1.29, 1.82) is 0 Å². The molecule has 5 heteroatoms. The van der Waals surface area contributed by atoms with Crippen molar-refractivity contribution < 1.29 is 4.74 Å². The van der Waals surface area contributed by atoms with Crippen molar-refractivity contribution in [3.05, 3.63) is 11.9 Å². The van der Waals surface area contributed by atoms with Crippen LogP contribution in [0.5, 0.6) is 5.88 Å². The minimum Gasteiger partial charge on any atom is -0.478 e. The topological polar surface area (TPSA) is 47.0 Å². The van der Waals surface area contributed by atoms with E-state index in [0.717, 1.165) is 31.0 Å². The van der Waals surface area contributed by atoms with Crippen LogP contribution in [0.3, 0.4) is 0 Å². The highest BCUT2D eigenvalue weighted by Crippen LogP contribution is 2.28. The fourth-order valence-electron chi connectivity index (χ4n) is 2.51. The van der Waals surface area contributed by atoms with E-state index in [2.05, 4.69) is 15.3 Å². The molecule has 4 nitrogen and oxygen atoms in total. The summed E-state index contributed by atoms with van der Waals surface area (Å²) in [5.74, 6) is 2.85.